The van der Waals surface area contributed by atoms with Crippen molar-refractivity contribution in [3.05, 3.63) is 51.5 Å². The molecule has 0 radical (unpaired) electrons. The van der Waals surface area contributed by atoms with E-state index in [1.54, 1.807) is 23.6 Å². The molecule has 0 bridgehead atoms. The van der Waals surface area contributed by atoms with E-state index in [0.29, 0.717) is 16.3 Å². The quantitative estimate of drug-likeness (QED) is 0.721. The van der Waals surface area contributed by atoms with E-state index < -0.39 is 6.67 Å². The predicted molar refractivity (Wildman–Crippen MR) is 64.1 cm³/mol. The first kappa shape index (κ1) is 11.3. The first-order chi connectivity index (χ1) is 8.31. The van der Waals surface area contributed by atoms with Crippen LogP contribution >= 0.6 is 11.3 Å². The van der Waals surface area contributed by atoms with Crippen LogP contribution in [0.3, 0.4) is 0 Å². The van der Waals surface area contributed by atoms with Crippen LogP contribution in [0.15, 0.2) is 29.6 Å². The lowest BCUT2D eigenvalue weighted by Gasteiger charge is -1.89. The zero-order chi connectivity index (χ0) is 12.1. The Morgan fingerprint density at radius 3 is 2.82 bits per heavy atom. The summed E-state index contributed by atoms with van der Waals surface area (Å²) in [5.41, 5.74) is 1.88. The minimum Gasteiger partial charge on any atom is -0.243 e. The molecule has 0 saturated heterocycles. The zero-order valence-electron chi connectivity index (χ0n) is 8.77. The van der Waals surface area contributed by atoms with Gasteiger partial charge in [-0.1, -0.05) is 12.0 Å². The van der Waals surface area contributed by atoms with Gasteiger partial charge in [-0.2, -0.15) is 5.26 Å². The molecule has 2 nitrogen and oxygen atoms in total. The van der Waals surface area contributed by atoms with Gasteiger partial charge in [0.05, 0.1) is 11.6 Å². The van der Waals surface area contributed by atoms with Gasteiger partial charge in [0.2, 0.25) is 0 Å². The Hall–Kier alpha value is -2.17. The second-order valence-electron chi connectivity index (χ2n) is 3.20. The third-order valence-corrected chi connectivity index (χ3v) is 2.81. The van der Waals surface area contributed by atoms with Gasteiger partial charge in [-0.15, -0.1) is 11.3 Å². The van der Waals surface area contributed by atoms with Crippen molar-refractivity contribution >= 4 is 11.3 Å². The number of benzene rings is 1. The molecule has 1 heterocycles. The third kappa shape index (κ3) is 2.90. The van der Waals surface area contributed by atoms with Gasteiger partial charge in [-0.25, -0.2) is 9.37 Å². The molecule has 0 saturated carbocycles. The number of thiazole rings is 1. The second-order valence-corrected chi connectivity index (χ2v) is 4.15. The first-order valence-corrected chi connectivity index (χ1v) is 5.72. The van der Waals surface area contributed by atoms with Gasteiger partial charge >= 0.3 is 0 Å². The Morgan fingerprint density at radius 2 is 2.12 bits per heavy atom. The molecular weight excluding hydrogens is 235 g/mol. The summed E-state index contributed by atoms with van der Waals surface area (Å²) in [6.07, 6.45) is 0. The Balaban J connectivity index is 2.23. The van der Waals surface area contributed by atoms with E-state index in [4.69, 9.17) is 5.26 Å². The third-order valence-electron chi connectivity index (χ3n) is 1.99. The van der Waals surface area contributed by atoms with Crippen LogP contribution in [0.5, 0.6) is 0 Å². The van der Waals surface area contributed by atoms with Gasteiger partial charge < -0.3 is 0 Å². The average molecular weight is 242 g/mol. The Labute approximate surface area is 102 Å². The maximum absolute atomic E-state index is 12.3. The standard InChI is InChI=1S/C13H7FN2S/c14-7-13-16-12(9-17-13)5-4-10-2-1-3-11(6-10)8-15/h1-3,6,9H,7H2. The molecule has 1 aromatic carbocycles. The molecule has 2 aromatic rings. The van der Waals surface area contributed by atoms with E-state index in [-0.39, 0.29) is 0 Å². The highest BCUT2D eigenvalue weighted by Gasteiger charge is 1.97. The summed E-state index contributed by atoms with van der Waals surface area (Å²) in [6, 6.07) is 9.06. The summed E-state index contributed by atoms with van der Waals surface area (Å²) in [5.74, 6) is 5.73. The van der Waals surface area contributed by atoms with Crippen LogP contribution in [0.4, 0.5) is 4.39 Å². The summed E-state index contributed by atoms with van der Waals surface area (Å²) in [7, 11) is 0. The van der Waals surface area contributed by atoms with Crippen molar-refractivity contribution in [1.82, 2.24) is 4.98 Å². The van der Waals surface area contributed by atoms with Crippen LogP contribution in [-0.2, 0) is 6.67 Å². The van der Waals surface area contributed by atoms with Gasteiger partial charge in [0.1, 0.15) is 17.4 Å². The number of aromatic nitrogens is 1. The molecule has 0 fully saturated rings. The van der Waals surface area contributed by atoms with E-state index in [1.807, 2.05) is 12.1 Å². The van der Waals surface area contributed by atoms with Crippen molar-refractivity contribution < 1.29 is 4.39 Å². The van der Waals surface area contributed by atoms with Crippen molar-refractivity contribution in [2.45, 2.75) is 6.67 Å². The maximum atomic E-state index is 12.3. The summed E-state index contributed by atoms with van der Waals surface area (Å²) in [6.45, 7) is -0.559. The van der Waals surface area contributed by atoms with Crippen LogP contribution in [0, 0.1) is 23.2 Å². The van der Waals surface area contributed by atoms with Crippen molar-refractivity contribution in [2.75, 3.05) is 0 Å². The van der Waals surface area contributed by atoms with Crippen LogP contribution in [-0.4, -0.2) is 4.98 Å². The largest absolute Gasteiger partial charge is 0.243 e. The predicted octanol–water partition coefficient (Wildman–Crippen LogP) is 2.88. The average Bonchev–Trinajstić information content (AvgIpc) is 2.84. The molecule has 0 N–H and O–H groups in total. The van der Waals surface area contributed by atoms with E-state index in [9.17, 15) is 4.39 Å². The van der Waals surface area contributed by atoms with Crippen LogP contribution in [0.1, 0.15) is 21.8 Å². The van der Waals surface area contributed by atoms with Gasteiger partial charge in [0.25, 0.3) is 0 Å². The van der Waals surface area contributed by atoms with E-state index in [0.717, 1.165) is 5.56 Å². The molecular formula is C13H7FN2S. The number of alkyl halides is 1. The lowest BCUT2D eigenvalue weighted by Crippen LogP contribution is -1.80. The van der Waals surface area contributed by atoms with Gasteiger partial charge in [0.15, 0.2) is 0 Å². The fraction of sp³-hybridized carbons (Fsp3) is 0.0769. The summed E-state index contributed by atoms with van der Waals surface area (Å²) in [4.78, 5) is 3.99. The lowest BCUT2D eigenvalue weighted by molar-refractivity contribution is 0.483. The van der Waals surface area contributed by atoms with E-state index >= 15 is 0 Å². The molecule has 2 rings (SSSR count). The lowest BCUT2D eigenvalue weighted by atomic mass is 10.1. The molecule has 0 spiro atoms. The molecule has 0 aliphatic carbocycles. The van der Waals surface area contributed by atoms with E-state index in [2.05, 4.69) is 16.8 Å². The number of nitrogens with zero attached hydrogens (tertiary/aromatic N) is 2. The van der Waals surface area contributed by atoms with Crippen LogP contribution in [0.25, 0.3) is 0 Å². The molecule has 4 heteroatoms. The second kappa shape index (κ2) is 5.25. The molecule has 17 heavy (non-hydrogen) atoms. The number of hydrogen-bond donors (Lipinski definition) is 0. The number of hydrogen-bond acceptors (Lipinski definition) is 3. The minimum absolute atomic E-state index is 0.431. The monoisotopic (exact) mass is 242 g/mol. The Bertz CT molecular complexity index is 629. The van der Waals surface area contributed by atoms with Crippen molar-refractivity contribution in [2.24, 2.45) is 0 Å². The maximum Gasteiger partial charge on any atom is 0.141 e. The summed E-state index contributed by atoms with van der Waals surface area (Å²) >= 11 is 1.25. The first-order valence-electron chi connectivity index (χ1n) is 4.84. The topological polar surface area (TPSA) is 36.7 Å². The SMILES string of the molecule is N#Cc1cccc(C#Cc2csc(CF)n2)c1. The smallest absolute Gasteiger partial charge is 0.141 e. The fourth-order valence-corrected chi connectivity index (χ4v) is 1.81. The number of nitriles is 1. The zero-order valence-corrected chi connectivity index (χ0v) is 9.59. The van der Waals surface area contributed by atoms with Crippen LogP contribution < -0.4 is 0 Å². The fourth-order valence-electron chi connectivity index (χ4n) is 1.23. The van der Waals surface area contributed by atoms with Crippen molar-refractivity contribution in [1.29, 1.82) is 5.26 Å². The summed E-state index contributed by atoms with van der Waals surface area (Å²) in [5, 5.41) is 10.9. The Morgan fingerprint density at radius 1 is 1.29 bits per heavy atom. The highest BCUT2D eigenvalue weighted by atomic mass is 32.1. The van der Waals surface area contributed by atoms with Crippen LogP contribution in [0.2, 0.25) is 0 Å². The van der Waals surface area contributed by atoms with E-state index in [1.165, 1.54) is 11.3 Å². The molecule has 0 aliphatic rings. The van der Waals surface area contributed by atoms with Gasteiger partial charge in [-0.05, 0) is 24.1 Å². The normalized spacial score (nSPS) is 9.18. The minimum atomic E-state index is -0.559. The van der Waals surface area contributed by atoms with Crippen molar-refractivity contribution in [3.8, 4) is 17.9 Å². The highest BCUT2D eigenvalue weighted by molar-refractivity contribution is 7.09. The molecule has 0 aliphatic heterocycles. The van der Waals surface area contributed by atoms with Gasteiger partial charge in [-0.3, -0.25) is 0 Å². The van der Waals surface area contributed by atoms with Crippen molar-refractivity contribution in [3.63, 3.8) is 0 Å². The molecule has 0 unspecified atom stereocenters. The molecule has 0 atom stereocenters. The molecule has 1 aromatic heterocycles. The summed E-state index contributed by atoms with van der Waals surface area (Å²) < 4.78 is 12.3. The Kier molecular flexibility index (Phi) is 3.49. The highest BCUT2D eigenvalue weighted by Crippen LogP contribution is 2.10. The van der Waals surface area contributed by atoms with Gasteiger partial charge in [0, 0.05) is 10.9 Å². The molecule has 0 amide bonds. The number of rotatable bonds is 1. The molecule has 82 valence electrons. The number of halogens is 1.